The van der Waals surface area contributed by atoms with Crippen LogP contribution in [0.4, 0.5) is 13.2 Å². The van der Waals surface area contributed by atoms with Crippen molar-refractivity contribution in [3.63, 3.8) is 0 Å². The molecule has 4 rings (SSSR count). The van der Waals surface area contributed by atoms with Crippen LogP contribution in [0.3, 0.4) is 0 Å². The molecule has 2 aromatic carbocycles. The van der Waals surface area contributed by atoms with Gasteiger partial charge in [0.1, 0.15) is 17.5 Å². The van der Waals surface area contributed by atoms with Gasteiger partial charge in [0, 0.05) is 11.8 Å². The van der Waals surface area contributed by atoms with E-state index in [4.69, 9.17) is 9.47 Å². The van der Waals surface area contributed by atoms with Gasteiger partial charge in [0.05, 0.1) is 18.8 Å². The normalized spacial score (nSPS) is 26.7. The summed E-state index contributed by atoms with van der Waals surface area (Å²) in [6, 6.07) is 7.13. The highest BCUT2D eigenvalue weighted by molar-refractivity contribution is 5.66. The molecule has 1 heterocycles. The predicted octanol–water partition coefficient (Wildman–Crippen LogP) is 7.14. The summed E-state index contributed by atoms with van der Waals surface area (Å²) >= 11 is 0. The molecule has 0 amide bonds. The first-order valence-electron chi connectivity index (χ1n) is 11.4. The van der Waals surface area contributed by atoms with E-state index >= 15 is 0 Å². The van der Waals surface area contributed by atoms with Crippen LogP contribution in [-0.4, -0.2) is 19.5 Å². The highest BCUT2D eigenvalue weighted by atomic mass is 19.1. The quantitative estimate of drug-likeness (QED) is 0.500. The zero-order valence-electron chi connectivity index (χ0n) is 18.3. The summed E-state index contributed by atoms with van der Waals surface area (Å²) in [6.45, 7) is 5.31. The molecular formula is C26H31F3O2. The number of halogens is 3. The van der Waals surface area contributed by atoms with E-state index in [-0.39, 0.29) is 23.3 Å². The molecule has 0 spiro atoms. The molecule has 1 saturated carbocycles. The molecule has 0 N–H and O–H groups in total. The Balaban J connectivity index is 1.40. The summed E-state index contributed by atoms with van der Waals surface area (Å²) in [4.78, 5) is 0. The molecular weight excluding hydrogens is 401 g/mol. The molecule has 5 heteroatoms. The molecule has 0 atom stereocenters. The average Bonchev–Trinajstić information content (AvgIpc) is 2.76. The Morgan fingerprint density at radius 2 is 1.52 bits per heavy atom. The van der Waals surface area contributed by atoms with Crippen molar-refractivity contribution in [3.05, 3.63) is 58.9 Å². The van der Waals surface area contributed by atoms with E-state index in [2.05, 4.69) is 6.92 Å². The van der Waals surface area contributed by atoms with Gasteiger partial charge in [0.25, 0.3) is 0 Å². The van der Waals surface area contributed by atoms with Crippen LogP contribution in [0.1, 0.15) is 62.5 Å². The molecule has 2 fully saturated rings. The van der Waals surface area contributed by atoms with Gasteiger partial charge < -0.3 is 9.47 Å². The lowest BCUT2D eigenvalue weighted by Gasteiger charge is -2.37. The van der Waals surface area contributed by atoms with Crippen LogP contribution < -0.4 is 0 Å². The summed E-state index contributed by atoms with van der Waals surface area (Å²) in [7, 11) is 0. The maximum Gasteiger partial charge on any atom is 0.160 e. The molecule has 31 heavy (non-hydrogen) atoms. The molecule has 2 nitrogen and oxygen atoms in total. The SMILES string of the molecule is CCCC1COC(C2CCC(c3cc(F)c(-c4ccc(C)c(F)c4)c(F)c3)CC2)OC1. The molecule has 1 saturated heterocycles. The van der Waals surface area contributed by atoms with E-state index in [1.165, 1.54) is 18.2 Å². The molecule has 1 aliphatic carbocycles. The predicted molar refractivity (Wildman–Crippen MR) is 115 cm³/mol. The number of benzene rings is 2. The third kappa shape index (κ3) is 4.98. The Hall–Kier alpha value is -1.85. The molecule has 0 aromatic heterocycles. The smallest absolute Gasteiger partial charge is 0.160 e. The first-order chi connectivity index (χ1) is 15.0. The summed E-state index contributed by atoms with van der Waals surface area (Å²) in [5.74, 6) is -0.803. The second kappa shape index (κ2) is 9.74. The van der Waals surface area contributed by atoms with Crippen LogP contribution in [0.25, 0.3) is 11.1 Å². The average molecular weight is 433 g/mol. The zero-order chi connectivity index (χ0) is 22.0. The van der Waals surface area contributed by atoms with Crippen molar-refractivity contribution in [1.29, 1.82) is 0 Å². The molecule has 0 radical (unpaired) electrons. The van der Waals surface area contributed by atoms with Crippen molar-refractivity contribution < 1.29 is 22.6 Å². The monoisotopic (exact) mass is 432 g/mol. The van der Waals surface area contributed by atoms with Crippen molar-refractivity contribution >= 4 is 0 Å². The Labute approximate surface area is 182 Å². The Morgan fingerprint density at radius 1 is 0.871 bits per heavy atom. The van der Waals surface area contributed by atoms with Crippen molar-refractivity contribution in [2.24, 2.45) is 11.8 Å². The standard InChI is InChI=1S/C26H31F3O2/c1-3-4-17-14-30-26(31-15-17)19-9-7-18(8-10-19)21-12-23(28)25(24(29)13-21)20-6-5-16(2)22(27)11-20/h5-6,11-13,17-19,26H,3-4,7-10,14-15H2,1-2H3. The summed E-state index contributed by atoms with van der Waals surface area (Å²) in [5, 5.41) is 0. The van der Waals surface area contributed by atoms with Gasteiger partial charge in [-0.2, -0.15) is 0 Å². The van der Waals surface area contributed by atoms with Gasteiger partial charge in [0.2, 0.25) is 0 Å². The van der Waals surface area contributed by atoms with Gasteiger partial charge in [-0.05, 0) is 79.8 Å². The van der Waals surface area contributed by atoms with Crippen molar-refractivity contribution in [2.45, 2.75) is 64.6 Å². The minimum atomic E-state index is -0.638. The van der Waals surface area contributed by atoms with Crippen LogP contribution in [-0.2, 0) is 9.47 Å². The van der Waals surface area contributed by atoms with Crippen molar-refractivity contribution in [2.75, 3.05) is 13.2 Å². The number of rotatable bonds is 5. The molecule has 168 valence electrons. The highest BCUT2D eigenvalue weighted by Crippen LogP contribution is 2.40. The lowest BCUT2D eigenvalue weighted by atomic mass is 9.78. The van der Waals surface area contributed by atoms with E-state index in [0.29, 0.717) is 23.0 Å². The fourth-order valence-electron chi connectivity index (χ4n) is 4.98. The largest absolute Gasteiger partial charge is 0.352 e. The van der Waals surface area contributed by atoms with Crippen LogP contribution in [0.5, 0.6) is 0 Å². The Bertz CT molecular complexity index is 875. The number of hydrogen-bond acceptors (Lipinski definition) is 2. The van der Waals surface area contributed by atoms with Gasteiger partial charge in [-0.3, -0.25) is 0 Å². The van der Waals surface area contributed by atoms with E-state index in [1.807, 2.05) is 0 Å². The molecule has 2 aromatic rings. The van der Waals surface area contributed by atoms with Gasteiger partial charge in [-0.1, -0.05) is 25.5 Å². The summed E-state index contributed by atoms with van der Waals surface area (Å²) in [6.07, 6.45) is 5.65. The minimum absolute atomic E-state index is 0.112. The van der Waals surface area contributed by atoms with E-state index < -0.39 is 17.5 Å². The fraction of sp³-hybridized carbons (Fsp3) is 0.538. The second-order valence-corrected chi connectivity index (χ2v) is 9.12. The number of aryl methyl sites for hydroxylation is 1. The number of ether oxygens (including phenoxy) is 2. The molecule has 2 aliphatic rings. The maximum absolute atomic E-state index is 14.8. The van der Waals surface area contributed by atoms with Gasteiger partial charge >= 0.3 is 0 Å². The zero-order valence-corrected chi connectivity index (χ0v) is 18.3. The van der Waals surface area contributed by atoms with E-state index in [0.717, 1.165) is 51.7 Å². The Kier molecular flexibility index (Phi) is 7.02. The van der Waals surface area contributed by atoms with Gasteiger partial charge in [-0.15, -0.1) is 0 Å². The second-order valence-electron chi connectivity index (χ2n) is 9.12. The summed E-state index contributed by atoms with van der Waals surface area (Å²) < 4.78 is 55.5. The van der Waals surface area contributed by atoms with Crippen molar-refractivity contribution in [3.8, 4) is 11.1 Å². The van der Waals surface area contributed by atoms with Gasteiger partial charge in [0.15, 0.2) is 6.29 Å². The lowest BCUT2D eigenvalue weighted by molar-refractivity contribution is -0.229. The van der Waals surface area contributed by atoms with E-state index in [9.17, 15) is 13.2 Å². The van der Waals surface area contributed by atoms with Crippen LogP contribution in [0.15, 0.2) is 30.3 Å². The molecule has 1 aliphatic heterocycles. The first-order valence-corrected chi connectivity index (χ1v) is 11.4. The number of hydrogen-bond donors (Lipinski definition) is 0. The summed E-state index contributed by atoms with van der Waals surface area (Å²) in [5.41, 5.74) is 1.19. The van der Waals surface area contributed by atoms with Crippen LogP contribution in [0.2, 0.25) is 0 Å². The van der Waals surface area contributed by atoms with Gasteiger partial charge in [-0.25, -0.2) is 13.2 Å². The van der Waals surface area contributed by atoms with Crippen molar-refractivity contribution in [1.82, 2.24) is 0 Å². The van der Waals surface area contributed by atoms with Crippen LogP contribution >= 0.6 is 0 Å². The third-order valence-corrected chi connectivity index (χ3v) is 6.84. The first kappa shape index (κ1) is 22.3. The Morgan fingerprint density at radius 3 is 2.10 bits per heavy atom. The molecule has 0 unspecified atom stereocenters. The molecule has 0 bridgehead atoms. The topological polar surface area (TPSA) is 18.5 Å². The van der Waals surface area contributed by atoms with Crippen LogP contribution in [0, 0.1) is 36.2 Å². The minimum Gasteiger partial charge on any atom is -0.352 e. The third-order valence-electron chi connectivity index (χ3n) is 6.84. The van der Waals surface area contributed by atoms with E-state index in [1.54, 1.807) is 19.1 Å². The maximum atomic E-state index is 14.8. The fourth-order valence-corrected chi connectivity index (χ4v) is 4.98. The lowest BCUT2D eigenvalue weighted by Crippen LogP contribution is -2.38. The highest BCUT2D eigenvalue weighted by Gasteiger charge is 2.33.